The van der Waals surface area contributed by atoms with Crippen LogP contribution in [0.25, 0.3) is 54.6 Å². The molecule has 1 aliphatic carbocycles. The molecule has 0 unspecified atom stereocenters. The van der Waals surface area contributed by atoms with Crippen molar-refractivity contribution in [3.63, 3.8) is 0 Å². The zero-order valence-corrected chi connectivity index (χ0v) is 24.5. The van der Waals surface area contributed by atoms with Crippen LogP contribution in [0.3, 0.4) is 0 Å². The average Bonchev–Trinajstić information content (AvgIpc) is 3.23. The fourth-order valence-electron chi connectivity index (χ4n) is 7.92. The van der Waals surface area contributed by atoms with Crippen molar-refractivity contribution < 1.29 is 0 Å². The van der Waals surface area contributed by atoms with Crippen LogP contribution < -0.4 is 0 Å². The molecule has 0 spiro atoms. The van der Waals surface area contributed by atoms with E-state index in [2.05, 4.69) is 158 Å². The van der Waals surface area contributed by atoms with E-state index in [9.17, 15) is 5.26 Å². The number of rotatable bonds is 2. The quantitative estimate of drug-likeness (QED) is 0.190. The molecule has 0 radical (unpaired) electrons. The van der Waals surface area contributed by atoms with E-state index in [-0.39, 0.29) is 0 Å². The van der Waals surface area contributed by atoms with E-state index in [4.69, 9.17) is 0 Å². The summed E-state index contributed by atoms with van der Waals surface area (Å²) in [5, 5.41) is 16.7. The van der Waals surface area contributed by atoms with Crippen LogP contribution >= 0.6 is 0 Å². The Bertz CT molecular complexity index is 2410. The molecule has 0 saturated heterocycles. The molecule has 0 aromatic heterocycles. The second kappa shape index (κ2) is 9.78. The lowest BCUT2D eigenvalue weighted by atomic mass is 9.63. The molecule has 208 valence electrons. The van der Waals surface area contributed by atoms with Crippen molar-refractivity contribution >= 4 is 32.3 Å². The molecule has 0 atom stereocenters. The Morgan fingerprint density at radius 2 is 0.822 bits per heavy atom. The van der Waals surface area contributed by atoms with E-state index >= 15 is 0 Å². The zero-order valence-electron chi connectivity index (χ0n) is 24.5. The van der Waals surface area contributed by atoms with Crippen LogP contribution in [-0.2, 0) is 5.41 Å². The number of hydrogen-bond acceptors (Lipinski definition) is 1. The summed E-state index contributed by atoms with van der Waals surface area (Å²) < 4.78 is 0. The van der Waals surface area contributed by atoms with Gasteiger partial charge in [-0.15, -0.1) is 0 Å². The molecule has 8 aromatic carbocycles. The van der Waals surface area contributed by atoms with E-state index in [0.29, 0.717) is 5.56 Å². The molecule has 1 heteroatoms. The van der Waals surface area contributed by atoms with Gasteiger partial charge in [0.1, 0.15) is 0 Å². The lowest BCUT2D eigenvalue weighted by molar-refractivity contribution is 0.753. The Balaban J connectivity index is 1.49. The Labute approximate surface area is 262 Å². The van der Waals surface area contributed by atoms with Crippen LogP contribution in [0.2, 0.25) is 0 Å². The second-order valence-electron chi connectivity index (χ2n) is 11.9. The van der Waals surface area contributed by atoms with Gasteiger partial charge < -0.3 is 0 Å². The Morgan fingerprint density at radius 3 is 1.42 bits per heavy atom. The first-order chi connectivity index (χ1) is 22.3. The summed E-state index contributed by atoms with van der Waals surface area (Å²) in [4.78, 5) is 0. The summed E-state index contributed by atoms with van der Waals surface area (Å²) in [5.41, 5.74) is 10.1. The maximum absolute atomic E-state index is 9.70. The van der Waals surface area contributed by atoms with Crippen LogP contribution in [0.1, 0.15) is 27.8 Å². The van der Waals surface area contributed by atoms with Gasteiger partial charge in [0.15, 0.2) is 0 Å². The third kappa shape index (κ3) is 3.54. The fraction of sp³-hybridized carbons (Fsp3) is 0.0227. The lowest BCUT2D eigenvalue weighted by Crippen LogP contribution is -2.31. The van der Waals surface area contributed by atoms with Gasteiger partial charge >= 0.3 is 0 Å². The van der Waals surface area contributed by atoms with Crippen molar-refractivity contribution in [2.45, 2.75) is 5.41 Å². The summed E-state index contributed by atoms with van der Waals surface area (Å²) in [6.45, 7) is 0. The monoisotopic (exact) mass is 569 g/mol. The first-order valence-corrected chi connectivity index (χ1v) is 15.4. The number of nitriles is 1. The van der Waals surface area contributed by atoms with Gasteiger partial charge in [-0.1, -0.05) is 146 Å². The summed E-state index contributed by atoms with van der Waals surface area (Å²) >= 11 is 0. The molecular formula is C44H27N. The van der Waals surface area contributed by atoms with E-state index in [1.165, 1.54) is 60.7 Å². The van der Waals surface area contributed by atoms with Gasteiger partial charge in [0.25, 0.3) is 0 Å². The third-order valence-electron chi connectivity index (χ3n) is 9.78. The van der Waals surface area contributed by atoms with Crippen LogP contribution in [0.5, 0.6) is 0 Å². The van der Waals surface area contributed by atoms with Crippen LogP contribution in [-0.4, -0.2) is 0 Å². The topological polar surface area (TPSA) is 23.8 Å². The van der Waals surface area contributed by atoms with Gasteiger partial charge in [-0.05, 0) is 95.0 Å². The van der Waals surface area contributed by atoms with Crippen LogP contribution in [0.4, 0.5) is 0 Å². The molecule has 8 aromatic rings. The molecule has 0 N–H and O–H groups in total. The van der Waals surface area contributed by atoms with Gasteiger partial charge in [-0.2, -0.15) is 5.26 Å². The minimum absolute atomic E-state index is 0.581. The van der Waals surface area contributed by atoms with Gasteiger partial charge in [0, 0.05) is 0 Å². The minimum Gasteiger partial charge on any atom is -0.192 e. The Kier molecular flexibility index (Phi) is 5.55. The molecule has 0 aliphatic heterocycles. The number of benzene rings is 8. The molecular weight excluding hydrogens is 542 g/mol. The number of nitrogens with zero attached hydrogens (tertiary/aromatic N) is 1. The highest BCUT2D eigenvalue weighted by Gasteiger charge is 2.43. The normalized spacial score (nSPS) is 13.0. The van der Waals surface area contributed by atoms with Crippen molar-refractivity contribution in [1.82, 2.24) is 0 Å². The molecule has 0 amide bonds. The van der Waals surface area contributed by atoms with E-state index in [1.54, 1.807) is 0 Å². The highest BCUT2D eigenvalue weighted by molar-refractivity contribution is 6.25. The number of hydrogen-bond donors (Lipinski definition) is 0. The first kappa shape index (κ1) is 25.5. The molecule has 0 heterocycles. The van der Waals surface area contributed by atoms with Crippen molar-refractivity contribution in [3.8, 4) is 28.3 Å². The highest BCUT2D eigenvalue weighted by atomic mass is 14.4. The first-order valence-electron chi connectivity index (χ1n) is 15.4. The molecule has 1 nitrogen and oxygen atoms in total. The second-order valence-corrected chi connectivity index (χ2v) is 11.9. The fourth-order valence-corrected chi connectivity index (χ4v) is 7.92. The van der Waals surface area contributed by atoms with Crippen LogP contribution in [0, 0.1) is 11.3 Å². The minimum atomic E-state index is -0.581. The maximum atomic E-state index is 9.70. The summed E-state index contributed by atoms with van der Waals surface area (Å²) in [6.07, 6.45) is 0. The number of fused-ring (bicyclic) bond motifs is 11. The SMILES string of the molecule is N#Cc1ccc2c3ccc(C4(c5ccccc5)c5ccccc5-c5ccccc5-c5ccccc54)cc3c3ccccc3c2c1. The molecule has 1 aliphatic rings. The molecule has 0 bridgehead atoms. The van der Waals surface area contributed by atoms with Crippen molar-refractivity contribution in [1.29, 1.82) is 5.26 Å². The smallest absolute Gasteiger partial charge is 0.0991 e. The third-order valence-corrected chi connectivity index (χ3v) is 9.78. The van der Waals surface area contributed by atoms with Crippen molar-refractivity contribution in [2.24, 2.45) is 0 Å². The van der Waals surface area contributed by atoms with E-state index in [1.807, 2.05) is 12.1 Å². The average molecular weight is 570 g/mol. The summed E-state index contributed by atoms with van der Waals surface area (Å²) in [5.74, 6) is 0. The standard InChI is InChI=1S/C44H27N/c45-28-29-22-24-36-37-25-23-31(27-41(37)35-17-7-6-16-34(35)40(36)26-29)44(30-12-2-1-3-13-30)42-20-10-8-18-38(42)32-14-4-5-15-33(32)39-19-9-11-21-43(39)44/h1-27H. The maximum Gasteiger partial charge on any atom is 0.0991 e. The molecule has 0 fully saturated rings. The van der Waals surface area contributed by atoms with Crippen LogP contribution in [0.15, 0.2) is 164 Å². The predicted molar refractivity (Wildman–Crippen MR) is 186 cm³/mol. The van der Waals surface area contributed by atoms with Crippen molar-refractivity contribution in [3.05, 3.63) is 192 Å². The highest BCUT2D eigenvalue weighted by Crippen LogP contribution is 2.55. The Hall–Kier alpha value is -5.97. The van der Waals surface area contributed by atoms with Gasteiger partial charge in [-0.25, -0.2) is 0 Å². The Morgan fingerprint density at radius 1 is 0.356 bits per heavy atom. The summed E-state index contributed by atoms with van der Waals surface area (Å²) in [7, 11) is 0. The largest absolute Gasteiger partial charge is 0.192 e. The van der Waals surface area contributed by atoms with Gasteiger partial charge in [0.2, 0.25) is 0 Å². The predicted octanol–water partition coefficient (Wildman–Crippen LogP) is 11.0. The van der Waals surface area contributed by atoms with Crippen molar-refractivity contribution in [2.75, 3.05) is 0 Å². The zero-order chi connectivity index (χ0) is 30.0. The molecule has 9 rings (SSSR count). The van der Waals surface area contributed by atoms with E-state index < -0.39 is 5.41 Å². The van der Waals surface area contributed by atoms with Gasteiger partial charge in [-0.3, -0.25) is 0 Å². The molecule has 45 heavy (non-hydrogen) atoms. The lowest BCUT2D eigenvalue weighted by Gasteiger charge is -2.38. The molecule has 0 saturated carbocycles. The van der Waals surface area contributed by atoms with Gasteiger partial charge in [0.05, 0.1) is 17.0 Å². The summed E-state index contributed by atoms with van der Waals surface area (Å²) in [6, 6.07) is 61.9. The van der Waals surface area contributed by atoms with E-state index in [0.717, 1.165) is 16.2 Å².